The summed E-state index contributed by atoms with van der Waals surface area (Å²) in [6.07, 6.45) is -4.77. The Hall–Kier alpha value is -2.29. The highest BCUT2D eigenvalue weighted by Gasteiger charge is 2.35. The van der Waals surface area contributed by atoms with E-state index in [1.165, 1.54) is 12.1 Å². The zero-order valence-corrected chi connectivity index (χ0v) is 12.8. The van der Waals surface area contributed by atoms with E-state index in [1.54, 1.807) is 4.90 Å². The highest BCUT2D eigenvalue weighted by Crippen LogP contribution is 2.25. The standard InChI is InChI=1S/C15H17F3N2O4/c1-9-6-20(7-12(9)14(22)23)8-13(21)19-10-2-4-11(5-3-10)24-15(16,17)18/h2-5,9,12H,6-8H2,1H3,(H,19,21)(H,22,23)/t9-,12-/m1/s1. The van der Waals surface area contributed by atoms with Gasteiger partial charge in [-0.05, 0) is 30.2 Å². The van der Waals surface area contributed by atoms with Crippen molar-refractivity contribution in [3.63, 3.8) is 0 Å². The Morgan fingerprint density at radius 3 is 2.42 bits per heavy atom. The van der Waals surface area contributed by atoms with Gasteiger partial charge in [-0.3, -0.25) is 14.5 Å². The molecule has 132 valence electrons. The smallest absolute Gasteiger partial charge is 0.481 e. The van der Waals surface area contributed by atoms with Crippen molar-refractivity contribution in [3.05, 3.63) is 24.3 Å². The number of amides is 1. The van der Waals surface area contributed by atoms with Gasteiger partial charge in [0.15, 0.2) is 0 Å². The topological polar surface area (TPSA) is 78.9 Å². The van der Waals surface area contributed by atoms with E-state index in [2.05, 4.69) is 10.1 Å². The molecule has 1 aromatic carbocycles. The third-order valence-electron chi connectivity index (χ3n) is 3.74. The number of anilines is 1. The number of nitrogens with one attached hydrogen (secondary N) is 1. The highest BCUT2D eigenvalue weighted by atomic mass is 19.4. The van der Waals surface area contributed by atoms with E-state index in [1.807, 2.05) is 6.92 Å². The first-order chi connectivity index (χ1) is 11.1. The van der Waals surface area contributed by atoms with Crippen LogP contribution in [-0.4, -0.2) is 47.9 Å². The molecule has 2 N–H and O–H groups in total. The van der Waals surface area contributed by atoms with Gasteiger partial charge in [-0.1, -0.05) is 6.92 Å². The Bertz CT molecular complexity index is 604. The number of nitrogens with zero attached hydrogens (tertiary/aromatic N) is 1. The van der Waals surface area contributed by atoms with Gasteiger partial charge < -0.3 is 15.2 Å². The molecule has 0 unspecified atom stereocenters. The largest absolute Gasteiger partial charge is 0.573 e. The molecular formula is C15H17F3N2O4. The highest BCUT2D eigenvalue weighted by molar-refractivity contribution is 5.92. The lowest BCUT2D eigenvalue weighted by atomic mass is 9.99. The average molecular weight is 346 g/mol. The molecule has 1 saturated heterocycles. The van der Waals surface area contributed by atoms with E-state index in [-0.39, 0.29) is 24.1 Å². The van der Waals surface area contributed by atoms with Crippen LogP contribution in [0.1, 0.15) is 6.92 Å². The number of halogens is 3. The van der Waals surface area contributed by atoms with Crippen LogP contribution in [0.4, 0.5) is 18.9 Å². The molecule has 0 radical (unpaired) electrons. The average Bonchev–Trinajstić information content (AvgIpc) is 2.80. The molecule has 0 saturated carbocycles. The molecular weight excluding hydrogens is 329 g/mol. The molecule has 1 aliphatic heterocycles. The summed E-state index contributed by atoms with van der Waals surface area (Å²) in [6.45, 7) is 2.63. The fourth-order valence-corrected chi connectivity index (χ4v) is 2.66. The number of carboxylic acid groups (broad SMARTS) is 1. The third kappa shape index (κ3) is 5.12. The number of hydrogen-bond acceptors (Lipinski definition) is 4. The SMILES string of the molecule is C[C@@H]1CN(CC(=O)Nc2ccc(OC(F)(F)F)cc2)C[C@H]1C(=O)O. The van der Waals surface area contributed by atoms with Crippen molar-refractivity contribution < 1.29 is 32.6 Å². The van der Waals surface area contributed by atoms with Gasteiger partial charge in [0.2, 0.25) is 5.91 Å². The number of carboxylic acids is 1. The number of alkyl halides is 3. The monoisotopic (exact) mass is 346 g/mol. The molecule has 1 amide bonds. The number of aliphatic carboxylic acids is 1. The molecule has 1 heterocycles. The summed E-state index contributed by atoms with van der Waals surface area (Å²) in [5.41, 5.74) is 0.330. The van der Waals surface area contributed by atoms with Crippen LogP contribution in [0.5, 0.6) is 5.75 Å². The lowest BCUT2D eigenvalue weighted by Crippen LogP contribution is -2.32. The second kappa shape index (κ2) is 7.08. The van der Waals surface area contributed by atoms with Crippen LogP contribution in [0.15, 0.2) is 24.3 Å². The molecule has 0 bridgehead atoms. The Kier molecular flexibility index (Phi) is 5.33. The minimum Gasteiger partial charge on any atom is -0.481 e. The number of likely N-dealkylation sites (tertiary alicyclic amines) is 1. The Balaban J connectivity index is 1.86. The van der Waals surface area contributed by atoms with Crippen LogP contribution >= 0.6 is 0 Å². The van der Waals surface area contributed by atoms with E-state index < -0.39 is 18.2 Å². The lowest BCUT2D eigenvalue weighted by Gasteiger charge is -2.15. The van der Waals surface area contributed by atoms with Crippen molar-refractivity contribution in [2.75, 3.05) is 25.0 Å². The van der Waals surface area contributed by atoms with E-state index in [4.69, 9.17) is 5.11 Å². The van der Waals surface area contributed by atoms with Gasteiger partial charge in [0.05, 0.1) is 12.5 Å². The van der Waals surface area contributed by atoms with Crippen molar-refractivity contribution in [1.82, 2.24) is 4.90 Å². The fraction of sp³-hybridized carbons (Fsp3) is 0.467. The Morgan fingerprint density at radius 1 is 1.29 bits per heavy atom. The maximum Gasteiger partial charge on any atom is 0.573 e. The van der Waals surface area contributed by atoms with Crippen LogP contribution in [0.2, 0.25) is 0 Å². The van der Waals surface area contributed by atoms with Crippen molar-refractivity contribution in [2.45, 2.75) is 13.3 Å². The van der Waals surface area contributed by atoms with E-state index in [9.17, 15) is 22.8 Å². The van der Waals surface area contributed by atoms with Crippen molar-refractivity contribution in [2.24, 2.45) is 11.8 Å². The number of ether oxygens (including phenoxy) is 1. The Morgan fingerprint density at radius 2 is 1.92 bits per heavy atom. The van der Waals surface area contributed by atoms with Crippen LogP contribution in [0, 0.1) is 11.8 Å². The predicted molar refractivity (Wildman–Crippen MR) is 78.5 cm³/mol. The quantitative estimate of drug-likeness (QED) is 0.854. The van der Waals surface area contributed by atoms with Crippen LogP contribution in [0.3, 0.4) is 0 Å². The summed E-state index contributed by atoms with van der Waals surface area (Å²) in [5.74, 6) is -2.17. The van der Waals surface area contributed by atoms with Gasteiger partial charge >= 0.3 is 12.3 Å². The van der Waals surface area contributed by atoms with E-state index in [0.717, 1.165) is 12.1 Å². The predicted octanol–water partition coefficient (Wildman–Crippen LogP) is 2.18. The van der Waals surface area contributed by atoms with E-state index >= 15 is 0 Å². The van der Waals surface area contributed by atoms with Crippen molar-refractivity contribution in [1.29, 1.82) is 0 Å². The summed E-state index contributed by atoms with van der Waals surface area (Å²) >= 11 is 0. The van der Waals surface area contributed by atoms with Gasteiger partial charge in [0, 0.05) is 18.8 Å². The van der Waals surface area contributed by atoms with Crippen LogP contribution in [-0.2, 0) is 9.59 Å². The molecule has 2 atom stereocenters. The molecule has 0 spiro atoms. The zero-order valence-electron chi connectivity index (χ0n) is 12.8. The molecule has 1 fully saturated rings. The number of benzene rings is 1. The minimum absolute atomic E-state index is 0.0227. The number of rotatable bonds is 5. The van der Waals surface area contributed by atoms with Gasteiger partial charge in [0.1, 0.15) is 5.75 Å². The summed E-state index contributed by atoms with van der Waals surface area (Å²) in [6, 6.07) is 4.79. The van der Waals surface area contributed by atoms with Gasteiger partial charge in [-0.2, -0.15) is 0 Å². The second-order valence-corrected chi connectivity index (χ2v) is 5.74. The third-order valence-corrected chi connectivity index (χ3v) is 3.74. The van der Waals surface area contributed by atoms with Gasteiger partial charge in [-0.25, -0.2) is 0 Å². The van der Waals surface area contributed by atoms with E-state index in [0.29, 0.717) is 18.8 Å². The molecule has 9 heteroatoms. The first kappa shape index (κ1) is 18.1. The molecule has 2 rings (SSSR count). The van der Waals surface area contributed by atoms with Crippen molar-refractivity contribution >= 4 is 17.6 Å². The minimum atomic E-state index is -4.77. The maximum atomic E-state index is 12.1. The van der Waals surface area contributed by atoms with Gasteiger partial charge in [-0.15, -0.1) is 13.2 Å². The summed E-state index contributed by atoms with van der Waals surface area (Å²) in [5, 5.41) is 11.6. The molecule has 0 aromatic heterocycles. The molecule has 24 heavy (non-hydrogen) atoms. The van der Waals surface area contributed by atoms with Crippen molar-refractivity contribution in [3.8, 4) is 5.75 Å². The summed E-state index contributed by atoms with van der Waals surface area (Å²) in [4.78, 5) is 24.7. The lowest BCUT2D eigenvalue weighted by molar-refractivity contribution is -0.274. The number of hydrogen-bond donors (Lipinski definition) is 2. The number of carbonyl (C=O) groups is 2. The summed E-state index contributed by atoms with van der Waals surface area (Å²) in [7, 11) is 0. The first-order valence-electron chi connectivity index (χ1n) is 7.25. The molecule has 6 nitrogen and oxygen atoms in total. The zero-order chi connectivity index (χ0) is 17.9. The maximum absolute atomic E-state index is 12.1. The number of carbonyl (C=O) groups excluding carboxylic acids is 1. The van der Waals surface area contributed by atoms with Crippen LogP contribution in [0.25, 0.3) is 0 Å². The second-order valence-electron chi connectivity index (χ2n) is 5.74. The van der Waals surface area contributed by atoms with Gasteiger partial charge in [0.25, 0.3) is 0 Å². The first-order valence-corrected chi connectivity index (χ1v) is 7.25. The Labute approximate surface area is 136 Å². The molecule has 1 aromatic rings. The molecule has 0 aliphatic carbocycles. The summed E-state index contributed by atoms with van der Waals surface area (Å²) < 4.78 is 39.9. The van der Waals surface area contributed by atoms with Crippen LogP contribution < -0.4 is 10.1 Å². The normalized spacial score (nSPS) is 21.5. The molecule has 1 aliphatic rings. The fourth-order valence-electron chi connectivity index (χ4n) is 2.66.